The molecule has 0 radical (unpaired) electrons. The van der Waals surface area contributed by atoms with Crippen molar-refractivity contribution in [1.29, 1.82) is 0 Å². The van der Waals surface area contributed by atoms with Gasteiger partial charge in [0.1, 0.15) is 24.4 Å². The lowest BCUT2D eigenvalue weighted by Gasteiger charge is -2.40. The summed E-state index contributed by atoms with van der Waals surface area (Å²) in [6, 6.07) is -0.758. The van der Waals surface area contributed by atoms with Gasteiger partial charge in [0, 0.05) is 6.42 Å². The molecule has 6 N–H and O–H groups in total. The van der Waals surface area contributed by atoms with E-state index in [0.29, 0.717) is 12.8 Å². The third kappa shape index (κ3) is 31.1. The number of aliphatic hydroxyl groups excluding tert-OH is 5. The Morgan fingerprint density at radius 1 is 0.583 bits per heavy atom. The van der Waals surface area contributed by atoms with E-state index in [1.54, 1.807) is 0 Å². The number of hydrogen-bond acceptors (Lipinski definition) is 8. The van der Waals surface area contributed by atoms with Gasteiger partial charge in [0.25, 0.3) is 0 Å². The first kappa shape index (κ1) is 56.2. The Labute approximate surface area is 367 Å². The van der Waals surface area contributed by atoms with E-state index in [2.05, 4.69) is 55.6 Å². The highest BCUT2D eigenvalue weighted by atomic mass is 16.7. The molecule has 0 aromatic rings. The SMILES string of the molecule is CC/C=C\C/C=C\C/C=C\C/C=C\CCC(=O)NC(COC1OC(CO)C(O)C(O)C1O)C(O)CCCCCCCCCCCCCCCCCCCCCCCCCC. The Hall–Kier alpha value is -1.85. The lowest BCUT2D eigenvalue weighted by atomic mass is 9.99. The van der Waals surface area contributed by atoms with E-state index in [1.807, 2.05) is 12.2 Å². The van der Waals surface area contributed by atoms with Crippen LogP contribution in [0.15, 0.2) is 48.6 Å². The molecule has 9 heteroatoms. The number of allylic oxidation sites excluding steroid dienone is 8. The molecule has 7 atom stereocenters. The first-order valence-corrected chi connectivity index (χ1v) is 24.8. The molecule has 1 amide bonds. The summed E-state index contributed by atoms with van der Waals surface area (Å²) in [6.07, 6.45) is 45.8. The molecule has 1 saturated heterocycles. The molecular formula is C51H93NO8. The summed E-state index contributed by atoms with van der Waals surface area (Å²) >= 11 is 0. The maximum Gasteiger partial charge on any atom is 0.220 e. The molecule has 350 valence electrons. The lowest BCUT2D eigenvalue weighted by Crippen LogP contribution is -2.60. The van der Waals surface area contributed by atoms with Crippen LogP contribution in [0.3, 0.4) is 0 Å². The highest BCUT2D eigenvalue weighted by Crippen LogP contribution is 2.23. The van der Waals surface area contributed by atoms with E-state index >= 15 is 0 Å². The van der Waals surface area contributed by atoms with Gasteiger partial charge in [0.15, 0.2) is 6.29 Å². The zero-order valence-electron chi connectivity index (χ0n) is 38.5. The number of amides is 1. The topological polar surface area (TPSA) is 149 Å². The minimum Gasteiger partial charge on any atom is -0.394 e. The fourth-order valence-electron chi connectivity index (χ4n) is 7.76. The smallest absolute Gasteiger partial charge is 0.220 e. The Morgan fingerprint density at radius 2 is 1.00 bits per heavy atom. The Balaban J connectivity index is 2.27. The quantitative estimate of drug-likeness (QED) is 0.0263. The van der Waals surface area contributed by atoms with Crippen molar-refractivity contribution in [3.05, 3.63) is 48.6 Å². The summed E-state index contributed by atoms with van der Waals surface area (Å²) in [7, 11) is 0. The summed E-state index contributed by atoms with van der Waals surface area (Å²) in [4.78, 5) is 12.9. The van der Waals surface area contributed by atoms with Crippen LogP contribution in [-0.4, -0.2) is 87.5 Å². The zero-order chi connectivity index (χ0) is 43.7. The standard InChI is InChI=1S/C51H93NO8/c1-3-5-7-9-11-13-15-17-18-19-20-21-22-23-24-25-26-27-29-30-32-34-36-38-40-45(54)44(43-59-51-50(58)49(57)48(56)46(42-53)60-51)52-47(55)41-39-37-35-33-31-28-16-14-12-10-8-6-4-2/h6,8,12,14,28,31,35,37,44-46,48-51,53-54,56-58H,3-5,7,9-11,13,15-27,29-30,32-34,36,38-43H2,1-2H3,(H,52,55)/b8-6-,14-12-,31-28-,37-35-. The van der Waals surface area contributed by atoms with Gasteiger partial charge in [0.05, 0.1) is 25.4 Å². The second-order valence-electron chi connectivity index (χ2n) is 17.2. The van der Waals surface area contributed by atoms with Crippen molar-refractivity contribution in [2.75, 3.05) is 13.2 Å². The third-order valence-electron chi connectivity index (χ3n) is 11.7. The van der Waals surface area contributed by atoms with Crippen molar-refractivity contribution in [2.45, 2.75) is 256 Å². The fraction of sp³-hybridized carbons (Fsp3) is 0.824. The molecule has 0 spiro atoms. The van der Waals surface area contributed by atoms with Crippen LogP contribution in [0.2, 0.25) is 0 Å². The van der Waals surface area contributed by atoms with Gasteiger partial charge in [-0.25, -0.2) is 0 Å². The molecule has 0 bridgehead atoms. The zero-order valence-corrected chi connectivity index (χ0v) is 38.5. The third-order valence-corrected chi connectivity index (χ3v) is 11.7. The van der Waals surface area contributed by atoms with Crippen LogP contribution >= 0.6 is 0 Å². The normalized spacial score (nSPS) is 20.9. The maximum absolute atomic E-state index is 12.9. The Morgan fingerprint density at radius 3 is 1.43 bits per heavy atom. The Bertz CT molecular complexity index is 1080. The first-order chi connectivity index (χ1) is 29.3. The van der Waals surface area contributed by atoms with Crippen molar-refractivity contribution >= 4 is 5.91 Å². The number of hydrogen-bond donors (Lipinski definition) is 6. The molecule has 9 nitrogen and oxygen atoms in total. The van der Waals surface area contributed by atoms with Gasteiger partial charge in [0.2, 0.25) is 5.91 Å². The summed E-state index contributed by atoms with van der Waals surface area (Å²) in [5.74, 6) is -0.224. The van der Waals surface area contributed by atoms with Crippen molar-refractivity contribution in [2.24, 2.45) is 0 Å². The number of carbonyl (C=O) groups excluding carboxylic acids is 1. The molecule has 0 aromatic heterocycles. The summed E-state index contributed by atoms with van der Waals surface area (Å²) in [5, 5.41) is 54.3. The van der Waals surface area contributed by atoms with Crippen LogP contribution in [-0.2, 0) is 14.3 Å². The average molecular weight is 848 g/mol. The highest BCUT2D eigenvalue weighted by molar-refractivity contribution is 5.76. The van der Waals surface area contributed by atoms with Crippen LogP contribution < -0.4 is 5.32 Å². The van der Waals surface area contributed by atoms with Crippen LogP contribution in [0.25, 0.3) is 0 Å². The van der Waals surface area contributed by atoms with Crippen LogP contribution in [0.5, 0.6) is 0 Å². The van der Waals surface area contributed by atoms with Gasteiger partial charge in [-0.1, -0.05) is 217 Å². The van der Waals surface area contributed by atoms with E-state index < -0.39 is 49.5 Å². The molecule has 60 heavy (non-hydrogen) atoms. The first-order valence-electron chi connectivity index (χ1n) is 24.8. The molecule has 1 fully saturated rings. The number of nitrogens with one attached hydrogen (secondary N) is 1. The van der Waals surface area contributed by atoms with Crippen molar-refractivity contribution in [3.63, 3.8) is 0 Å². The highest BCUT2D eigenvalue weighted by Gasteiger charge is 2.44. The second-order valence-corrected chi connectivity index (χ2v) is 17.2. The van der Waals surface area contributed by atoms with Crippen LogP contribution in [0.4, 0.5) is 0 Å². The second kappa shape index (κ2) is 41.2. The molecule has 0 aromatic carbocycles. The number of aliphatic hydroxyl groups is 5. The average Bonchev–Trinajstić information content (AvgIpc) is 3.25. The summed E-state index contributed by atoms with van der Waals surface area (Å²) in [5.41, 5.74) is 0. The number of rotatable bonds is 41. The van der Waals surface area contributed by atoms with Gasteiger partial charge in [-0.3, -0.25) is 4.79 Å². The minimum atomic E-state index is -1.57. The predicted molar refractivity (Wildman–Crippen MR) is 249 cm³/mol. The van der Waals surface area contributed by atoms with E-state index in [0.717, 1.165) is 44.9 Å². The van der Waals surface area contributed by atoms with E-state index in [4.69, 9.17) is 9.47 Å². The van der Waals surface area contributed by atoms with E-state index in [-0.39, 0.29) is 18.9 Å². The number of ether oxygens (including phenoxy) is 2. The monoisotopic (exact) mass is 848 g/mol. The van der Waals surface area contributed by atoms with Gasteiger partial charge in [-0.05, 0) is 38.5 Å². The molecular weight excluding hydrogens is 755 g/mol. The molecule has 1 rings (SSSR count). The fourth-order valence-corrected chi connectivity index (χ4v) is 7.76. The molecule has 0 aliphatic carbocycles. The molecule has 1 aliphatic rings. The van der Waals surface area contributed by atoms with Gasteiger partial charge < -0.3 is 40.3 Å². The predicted octanol–water partition coefficient (Wildman–Crippen LogP) is 11.0. The lowest BCUT2D eigenvalue weighted by molar-refractivity contribution is -0.302. The Kier molecular flexibility index (Phi) is 38.5. The van der Waals surface area contributed by atoms with Crippen molar-refractivity contribution in [3.8, 4) is 0 Å². The van der Waals surface area contributed by atoms with E-state index in [1.165, 1.54) is 135 Å². The van der Waals surface area contributed by atoms with Crippen molar-refractivity contribution < 1.29 is 39.8 Å². The van der Waals surface area contributed by atoms with Crippen LogP contribution in [0.1, 0.15) is 213 Å². The largest absolute Gasteiger partial charge is 0.394 e. The van der Waals surface area contributed by atoms with Gasteiger partial charge in [-0.15, -0.1) is 0 Å². The number of unbranched alkanes of at least 4 members (excludes halogenated alkanes) is 23. The molecule has 1 heterocycles. The summed E-state index contributed by atoms with van der Waals surface area (Å²) < 4.78 is 11.2. The van der Waals surface area contributed by atoms with Crippen LogP contribution in [0, 0.1) is 0 Å². The minimum absolute atomic E-state index is 0.168. The summed E-state index contributed by atoms with van der Waals surface area (Å²) in [6.45, 7) is 3.68. The molecule has 0 saturated carbocycles. The molecule has 7 unspecified atom stereocenters. The maximum atomic E-state index is 12.9. The van der Waals surface area contributed by atoms with Gasteiger partial charge in [-0.2, -0.15) is 0 Å². The molecule has 1 aliphatic heterocycles. The van der Waals surface area contributed by atoms with E-state index in [9.17, 15) is 30.3 Å². The van der Waals surface area contributed by atoms with Gasteiger partial charge >= 0.3 is 0 Å². The van der Waals surface area contributed by atoms with Crippen molar-refractivity contribution in [1.82, 2.24) is 5.32 Å². The number of carbonyl (C=O) groups is 1.